The van der Waals surface area contributed by atoms with Crippen LogP contribution in [0.4, 0.5) is 11.5 Å². The summed E-state index contributed by atoms with van der Waals surface area (Å²) in [6, 6.07) is 4.63. The second-order valence-corrected chi connectivity index (χ2v) is 13.7. The number of nitrogens with one attached hydrogen (secondary N) is 2. The number of anilines is 2. The number of thiophene rings is 1. The molecule has 1 saturated heterocycles. The quantitative estimate of drug-likeness (QED) is 0.410. The molecule has 2 amide bonds. The van der Waals surface area contributed by atoms with Gasteiger partial charge in [0, 0.05) is 37.0 Å². The second-order valence-electron chi connectivity index (χ2n) is 10.1. The fraction of sp³-hybridized carbons (Fsp3) is 0.440. The van der Waals surface area contributed by atoms with Crippen molar-refractivity contribution in [3.05, 3.63) is 40.7 Å². The Morgan fingerprint density at radius 3 is 2.47 bits per heavy atom. The summed E-state index contributed by atoms with van der Waals surface area (Å²) in [6.45, 7) is 8.34. The molecule has 204 valence electrons. The number of amides is 2. The van der Waals surface area contributed by atoms with Crippen molar-refractivity contribution in [2.45, 2.75) is 51.2 Å². The molecule has 0 saturated carbocycles. The van der Waals surface area contributed by atoms with Gasteiger partial charge in [-0.05, 0) is 31.0 Å². The molecule has 0 unspecified atom stereocenters. The molecule has 4 rings (SSSR count). The molecule has 1 aliphatic rings. The Morgan fingerprint density at radius 1 is 1.18 bits per heavy atom. The van der Waals surface area contributed by atoms with E-state index in [9.17, 15) is 18.0 Å². The molecule has 0 radical (unpaired) electrons. The molecule has 4 heterocycles. The van der Waals surface area contributed by atoms with Crippen LogP contribution in [-0.4, -0.2) is 43.3 Å². The molecule has 3 aromatic rings. The second kappa shape index (κ2) is 11.0. The van der Waals surface area contributed by atoms with E-state index in [4.69, 9.17) is 16.0 Å². The van der Waals surface area contributed by atoms with Crippen molar-refractivity contribution in [3.63, 3.8) is 0 Å². The summed E-state index contributed by atoms with van der Waals surface area (Å²) in [4.78, 5) is 36.5. The number of aromatic nitrogens is 2. The van der Waals surface area contributed by atoms with Gasteiger partial charge in [0.2, 0.25) is 17.7 Å². The van der Waals surface area contributed by atoms with Crippen LogP contribution in [0.1, 0.15) is 46.3 Å². The van der Waals surface area contributed by atoms with Crippen LogP contribution in [0, 0.1) is 11.3 Å². The summed E-state index contributed by atoms with van der Waals surface area (Å²) in [5.41, 5.74) is 0.513. The van der Waals surface area contributed by atoms with Crippen LogP contribution in [0.25, 0.3) is 11.5 Å². The van der Waals surface area contributed by atoms with Gasteiger partial charge in [-0.15, -0.1) is 11.3 Å². The van der Waals surface area contributed by atoms with Gasteiger partial charge in [0.15, 0.2) is 5.82 Å². The summed E-state index contributed by atoms with van der Waals surface area (Å²) in [5, 5.41) is 2.98. The number of hydrogen-bond acceptors (Lipinski definition) is 9. The minimum Gasteiger partial charge on any atom is -0.441 e. The van der Waals surface area contributed by atoms with Crippen LogP contribution in [0.15, 0.2) is 39.2 Å². The zero-order chi connectivity index (χ0) is 27.7. The third-order valence-electron chi connectivity index (χ3n) is 6.16. The molecular weight excluding hydrogens is 550 g/mol. The average Bonchev–Trinajstić information content (AvgIpc) is 3.53. The highest BCUT2D eigenvalue weighted by atomic mass is 35.5. The molecule has 10 nitrogen and oxygen atoms in total. The van der Waals surface area contributed by atoms with E-state index in [0.717, 1.165) is 17.1 Å². The van der Waals surface area contributed by atoms with Crippen LogP contribution in [0.5, 0.6) is 0 Å². The van der Waals surface area contributed by atoms with E-state index >= 15 is 0 Å². The maximum absolute atomic E-state index is 12.8. The highest BCUT2D eigenvalue weighted by molar-refractivity contribution is 7.92. The Balaban J connectivity index is 1.50. The van der Waals surface area contributed by atoms with E-state index in [-0.39, 0.29) is 10.1 Å². The summed E-state index contributed by atoms with van der Waals surface area (Å²) in [7, 11) is -3.97. The Bertz CT molecular complexity index is 1440. The van der Waals surface area contributed by atoms with Gasteiger partial charge in [0.25, 0.3) is 10.0 Å². The van der Waals surface area contributed by atoms with E-state index in [1.165, 1.54) is 12.1 Å². The Labute approximate surface area is 230 Å². The first-order chi connectivity index (χ1) is 17.9. The average molecular weight is 580 g/mol. The number of oxazole rings is 1. The fourth-order valence-corrected chi connectivity index (χ4v) is 6.42. The molecule has 0 bridgehead atoms. The Morgan fingerprint density at radius 2 is 1.89 bits per heavy atom. The van der Waals surface area contributed by atoms with E-state index in [0.29, 0.717) is 59.6 Å². The first kappa shape index (κ1) is 28.1. The lowest BCUT2D eigenvalue weighted by molar-refractivity contribution is -0.124. The van der Waals surface area contributed by atoms with Crippen LogP contribution >= 0.6 is 22.9 Å². The van der Waals surface area contributed by atoms with Gasteiger partial charge in [-0.3, -0.25) is 9.59 Å². The number of rotatable bonds is 7. The molecule has 13 heteroatoms. The van der Waals surface area contributed by atoms with E-state index in [2.05, 4.69) is 20.0 Å². The van der Waals surface area contributed by atoms with Crippen molar-refractivity contribution in [2.75, 3.05) is 23.3 Å². The van der Waals surface area contributed by atoms with Gasteiger partial charge in [-0.25, -0.2) is 23.1 Å². The van der Waals surface area contributed by atoms with Crippen LogP contribution in [0.3, 0.4) is 0 Å². The highest BCUT2D eigenvalue weighted by Crippen LogP contribution is 2.33. The Kier molecular flexibility index (Phi) is 8.15. The van der Waals surface area contributed by atoms with Gasteiger partial charge in [-0.1, -0.05) is 39.3 Å². The van der Waals surface area contributed by atoms with Gasteiger partial charge in [0.1, 0.15) is 9.97 Å². The topological polar surface area (TPSA) is 134 Å². The predicted molar refractivity (Wildman–Crippen MR) is 147 cm³/mol. The molecule has 1 fully saturated rings. The largest absolute Gasteiger partial charge is 0.441 e. The van der Waals surface area contributed by atoms with Gasteiger partial charge < -0.3 is 14.6 Å². The molecule has 0 atom stereocenters. The monoisotopic (exact) mass is 579 g/mol. The molecule has 0 aromatic carbocycles. The highest BCUT2D eigenvalue weighted by Gasteiger charge is 2.31. The molecule has 0 spiro atoms. The van der Waals surface area contributed by atoms with Crippen molar-refractivity contribution in [1.29, 1.82) is 0 Å². The first-order valence-electron chi connectivity index (χ1n) is 12.2. The number of carbonyl (C=O) groups is 2. The van der Waals surface area contributed by atoms with E-state index < -0.39 is 27.3 Å². The third-order valence-corrected chi connectivity index (χ3v) is 9.23. The normalized spacial score (nSPS) is 14.9. The fourth-order valence-electron chi connectivity index (χ4n) is 3.89. The van der Waals surface area contributed by atoms with Crippen molar-refractivity contribution >= 4 is 56.3 Å². The number of halogens is 1. The molecule has 38 heavy (non-hydrogen) atoms. The smallest absolute Gasteiger partial charge is 0.273 e. The van der Waals surface area contributed by atoms with Crippen LogP contribution in [0.2, 0.25) is 4.34 Å². The number of sulfonamides is 1. The number of carbonyl (C=O) groups excluding carboxylic acids is 2. The molecule has 1 aliphatic heterocycles. The zero-order valence-corrected chi connectivity index (χ0v) is 24.0. The van der Waals surface area contributed by atoms with Gasteiger partial charge >= 0.3 is 0 Å². The number of aryl methyl sites for hydroxylation is 1. The number of hydrogen-bond donors (Lipinski definition) is 2. The number of nitrogens with zero attached hydrogens (tertiary/aromatic N) is 3. The van der Waals surface area contributed by atoms with Crippen LogP contribution in [-0.2, 0) is 26.0 Å². The van der Waals surface area contributed by atoms with E-state index in [1.54, 1.807) is 18.5 Å². The van der Waals surface area contributed by atoms with E-state index in [1.807, 2.05) is 32.6 Å². The summed E-state index contributed by atoms with van der Waals surface area (Å²) in [6.07, 6.45) is 4.85. The van der Waals surface area contributed by atoms with Crippen LogP contribution < -0.4 is 14.9 Å². The lowest BCUT2D eigenvalue weighted by atomic mass is 9.95. The molecule has 2 N–H and O–H groups in total. The summed E-state index contributed by atoms with van der Waals surface area (Å²) >= 11 is 6.73. The summed E-state index contributed by atoms with van der Waals surface area (Å²) < 4.78 is 33.3. The van der Waals surface area contributed by atoms with Crippen molar-refractivity contribution in [2.24, 2.45) is 11.3 Å². The minimum absolute atomic E-state index is 0.00564. The number of piperidine rings is 1. The SMILES string of the molecule is CCc1cnc(-c2cnc(N3CCC(C(=O)NS(=O)(=O)c4ccc(Cl)s4)CC3)c(NC(=O)C(C)(C)C)c2)o1. The van der Waals surface area contributed by atoms with Crippen molar-refractivity contribution in [3.8, 4) is 11.5 Å². The maximum Gasteiger partial charge on any atom is 0.273 e. The molecule has 0 aliphatic carbocycles. The Hall–Kier alpha value is -2.96. The molecular formula is C25H30ClN5O5S2. The lowest BCUT2D eigenvalue weighted by Crippen LogP contribution is -2.42. The zero-order valence-electron chi connectivity index (χ0n) is 21.6. The lowest BCUT2D eigenvalue weighted by Gasteiger charge is -2.33. The van der Waals surface area contributed by atoms with Crippen molar-refractivity contribution in [1.82, 2.24) is 14.7 Å². The van der Waals surface area contributed by atoms with Crippen molar-refractivity contribution < 1.29 is 22.4 Å². The summed E-state index contributed by atoms with van der Waals surface area (Å²) in [5.74, 6) is 0.517. The third kappa shape index (κ3) is 6.36. The van der Waals surface area contributed by atoms with Gasteiger partial charge in [0.05, 0.1) is 21.8 Å². The standard InChI is InChI=1S/C25H30ClN5O5S2/c1-5-17-14-28-23(36-17)16-12-18(29-24(33)25(2,3)4)21(27-13-16)31-10-8-15(9-11-31)22(32)30-38(34,35)20-7-6-19(26)37-20/h6-7,12-15H,5,8-11H2,1-4H3,(H,29,33)(H,30,32). The first-order valence-corrected chi connectivity index (χ1v) is 14.9. The number of pyridine rings is 1. The maximum atomic E-state index is 12.8. The van der Waals surface area contributed by atoms with Gasteiger partial charge in [-0.2, -0.15) is 0 Å². The predicted octanol–water partition coefficient (Wildman–Crippen LogP) is 4.72. The minimum atomic E-state index is -3.97. The molecule has 3 aromatic heterocycles.